The van der Waals surface area contributed by atoms with Gasteiger partial charge in [0, 0.05) is 29.8 Å². The van der Waals surface area contributed by atoms with E-state index in [-0.39, 0.29) is 36.7 Å². The molecular weight excluding hydrogens is 454 g/mol. The summed E-state index contributed by atoms with van der Waals surface area (Å²) in [6.45, 7) is 0.148. The number of hydrogen-bond donors (Lipinski definition) is 1. The SMILES string of the molecule is O=C(Cn1nc(-c2cccc3ccccc23)ccc1=O)NCCn1nc(-c2ccccc2)ccc1=O. The van der Waals surface area contributed by atoms with E-state index < -0.39 is 0 Å². The minimum atomic E-state index is -0.382. The van der Waals surface area contributed by atoms with Crippen LogP contribution in [0.15, 0.2) is 107 Å². The van der Waals surface area contributed by atoms with Crippen LogP contribution in [0.2, 0.25) is 0 Å². The quantitative estimate of drug-likeness (QED) is 0.388. The van der Waals surface area contributed by atoms with E-state index in [0.29, 0.717) is 11.4 Å². The molecule has 8 nitrogen and oxygen atoms in total. The van der Waals surface area contributed by atoms with Crippen molar-refractivity contribution in [3.05, 3.63) is 118 Å². The Balaban J connectivity index is 1.27. The molecule has 0 aliphatic heterocycles. The summed E-state index contributed by atoms with van der Waals surface area (Å²) in [5.74, 6) is -0.382. The summed E-state index contributed by atoms with van der Waals surface area (Å²) in [6.07, 6.45) is 0. The van der Waals surface area contributed by atoms with E-state index in [9.17, 15) is 14.4 Å². The molecular formula is C28H23N5O3. The molecule has 1 N–H and O–H groups in total. The zero-order valence-corrected chi connectivity index (χ0v) is 19.4. The Labute approximate surface area is 206 Å². The van der Waals surface area contributed by atoms with Gasteiger partial charge in [-0.2, -0.15) is 10.2 Å². The molecule has 0 spiro atoms. The standard InChI is InChI=1S/C28H23N5O3/c34-26(29-17-18-32-27(35)15-13-24(30-32)21-8-2-1-3-9-21)19-33-28(36)16-14-25(31-33)23-12-6-10-20-7-4-5-11-22(20)23/h1-16H,17-19H2,(H,29,34). The van der Waals surface area contributed by atoms with E-state index in [1.54, 1.807) is 12.1 Å². The second-order valence-corrected chi connectivity index (χ2v) is 8.24. The fourth-order valence-electron chi connectivity index (χ4n) is 4.02. The molecule has 0 aliphatic rings. The van der Waals surface area contributed by atoms with Crippen LogP contribution in [0.1, 0.15) is 0 Å². The van der Waals surface area contributed by atoms with Crippen molar-refractivity contribution >= 4 is 16.7 Å². The second-order valence-electron chi connectivity index (χ2n) is 8.24. The lowest BCUT2D eigenvalue weighted by atomic mass is 10.0. The molecule has 0 radical (unpaired) electrons. The summed E-state index contributed by atoms with van der Waals surface area (Å²) in [5, 5.41) is 13.6. The monoisotopic (exact) mass is 477 g/mol. The van der Waals surface area contributed by atoms with Crippen molar-refractivity contribution in [2.24, 2.45) is 0 Å². The maximum absolute atomic E-state index is 12.6. The number of rotatable bonds is 7. The molecule has 0 bridgehead atoms. The molecule has 5 aromatic rings. The zero-order chi connectivity index (χ0) is 24.9. The number of carbonyl (C=O) groups is 1. The van der Waals surface area contributed by atoms with E-state index in [4.69, 9.17) is 0 Å². The van der Waals surface area contributed by atoms with Gasteiger partial charge in [0.2, 0.25) is 5.91 Å². The maximum atomic E-state index is 12.6. The minimum absolute atomic E-state index is 0.182. The number of benzene rings is 3. The predicted molar refractivity (Wildman–Crippen MR) is 138 cm³/mol. The van der Waals surface area contributed by atoms with Gasteiger partial charge in [-0.05, 0) is 22.9 Å². The largest absolute Gasteiger partial charge is 0.353 e. The Hall–Kier alpha value is -4.85. The van der Waals surface area contributed by atoms with Gasteiger partial charge in [0.15, 0.2) is 0 Å². The molecule has 0 saturated carbocycles. The van der Waals surface area contributed by atoms with Crippen molar-refractivity contribution in [2.45, 2.75) is 13.1 Å². The minimum Gasteiger partial charge on any atom is -0.353 e. The first kappa shape index (κ1) is 22.9. The summed E-state index contributed by atoms with van der Waals surface area (Å²) in [5.41, 5.74) is 2.42. The Bertz CT molecular complexity index is 1650. The summed E-state index contributed by atoms with van der Waals surface area (Å²) < 4.78 is 2.46. The molecule has 1 amide bonds. The molecule has 0 unspecified atom stereocenters. The summed E-state index contributed by atoms with van der Waals surface area (Å²) in [4.78, 5) is 37.2. The van der Waals surface area contributed by atoms with Crippen LogP contribution in [0.5, 0.6) is 0 Å². The van der Waals surface area contributed by atoms with Crippen molar-refractivity contribution in [3.8, 4) is 22.5 Å². The van der Waals surface area contributed by atoms with Crippen LogP contribution in [-0.2, 0) is 17.9 Å². The third-order valence-electron chi connectivity index (χ3n) is 5.81. The molecule has 8 heteroatoms. The lowest BCUT2D eigenvalue weighted by molar-refractivity contribution is -0.121. The Morgan fingerprint density at radius 1 is 0.694 bits per heavy atom. The number of hydrogen-bond acceptors (Lipinski definition) is 5. The number of nitrogens with zero attached hydrogens (tertiary/aromatic N) is 4. The zero-order valence-electron chi connectivity index (χ0n) is 19.4. The fourth-order valence-corrected chi connectivity index (χ4v) is 4.02. The van der Waals surface area contributed by atoms with Gasteiger partial charge < -0.3 is 5.32 Å². The number of carbonyl (C=O) groups excluding carboxylic acids is 1. The predicted octanol–water partition coefficient (Wildman–Crippen LogP) is 3.10. The molecule has 5 rings (SSSR count). The highest BCUT2D eigenvalue weighted by atomic mass is 16.2. The Kier molecular flexibility index (Phi) is 6.48. The van der Waals surface area contributed by atoms with Crippen LogP contribution < -0.4 is 16.4 Å². The van der Waals surface area contributed by atoms with Crippen molar-refractivity contribution in [1.82, 2.24) is 24.9 Å². The molecule has 178 valence electrons. The molecule has 0 aliphatic carbocycles. The van der Waals surface area contributed by atoms with E-state index >= 15 is 0 Å². The number of amides is 1. The van der Waals surface area contributed by atoms with E-state index in [2.05, 4.69) is 15.5 Å². The van der Waals surface area contributed by atoms with Gasteiger partial charge in [0.25, 0.3) is 11.1 Å². The van der Waals surface area contributed by atoms with Gasteiger partial charge in [0.1, 0.15) is 6.54 Å². The highest BCUT2D eigenvalue weighted by molar-refractivity contribution is 5.95. The molecule has 0 fully saturated rings. The Morgan fingerprint density at radius 2 is 1.36 bits per heavy atom. The van der Waals surface area contributed by atoms with Crippen molar-refractivity contribution < 1.29 is 4.79 Å². The van der Waals surface area contributed by atoms with Gasteiger partial charge >= 0.3 is 0 Å². The van der Waals surface area contributed by atoms with Crippen LogP contribution in [-0.4, -0.2) is 32.0 Å². The van der Waals surface area contributed by atoms with Crippen molar-refractivity contribution in [1.29, 1.82) is 0 Å². The molecule has 2 aromatic heterocycles. The number of fused-ring (bicyclic) bond motifs is 1. The van der Waals surface area contributed by atoms with Crippen molar-refractivity contribution in [3.63, 3.8) is 0 Å². The third kappa shape index (κ3) is 4.97. The normalized spacial score (nSPS) is 10.9. The first-order valence-electron chi connectivity index (χ1n) is 11.5. The molecule has 36 heavy (non-hydrogen) atoms. The fraction of sp³-hybridized carbons (Fsp3) is 0.107. The smallest absolute Gasteiger partial charge is 0.267 e. The molecule has 3 aromatic carbocycles. The number of aromatic nitrogens is 4. The first-order valence-corrected chi connectivity index (χ1v) is 11.5. The van der Waals surface area contributed by atoms with Gasteiger partial charge in [-0.3, -0.25) is 14.4 Å². The van der Waals surface area contributed by atoms with Crippen LogP contribution in [0.3, 0.4) is 0 Å². The lowest BCUT2D eigenvalue weighted by Gasteiger charge is -2.11. The number of nitrogens with one attached hydrogen (secondary N) is 1. The average molecular weight is 478 g/mol. The summed E-state index contributed by atoms with van der Waals surface area (Å²) in [6, 6.07) is 29.6. The van der Waals surface area contributed by atoms with Crippen LogP contribution in [0.25, 0.3) is 33.3 Å². The molecule has 0 atom stereocenters. The van der Waals surface area contributed by atoms with E-state index in [1.165, 1.54) is 16.8 Å². The first-order chi connectivity index (χ1) is 17.6. The van der Waals surface area contributed by atoms with Gasteiger partial charge in [-0.25, -0.2) is 9.36 Å². The summed E-state index contributed by atoms with van der Waals surface area (Å²) >= 11 is 0. The molecule has 2 heterocycles. The van der Waals surface area contributed by atoms with Gasteiger partial charge in [-0.1, -0.05) is 72.8 Å². The van der Waals surface area contributed by atoms with E-state index in [1.807, 2.05) is 72.8 Å². The lowest BCUT2D eigenvalue weighted by Crippen LogP contribution is -2.36. The van der Waals surface area contributed by atoms with Crippen LogP contribution in [0, 0.1) is 0 Å². The van der Waals surface area contributed by atoms with Crippen molar-refractivity contribution in [2.75, 3.05) is 6.54 Å². The van der Waals surface area contributed by atoms with E-state index in [0.717, 1.165) is 26.6 Å². The highest BCUT2D eigenvalue weighted by Crippen LogP contribution is 2.26. The van der Waals surface area contributed by atoms with Crippen LogP contribution in [0.4, 0.5) is 0 Å². The topological polar surface area (TPSA) is 98.9 Å². The third-order valence-corrected chi connectivity index (χ3v) is 5.81. The van der Waals surface area contributed by atoms with Crippen LogP contribution >= 0.6 is 0 Å². The summed E-state index contributed by atoms with van der Waals surface area (Å²) in [7, 11) is 0. The van der Waals surface area contributed by atoms with Gasteiger partial charge in [-0.15, -0.1) is 0 Å². The Morgan fingerprint density at radius 3 is 2.19 bits per heavy atom. The van der Waals surface area contributed by atoms with Gasteiger partial charge in [0.05, 0.1) is 17.9 Å². The highest BCUT2D eigenvalue weighted by Gasteiger charge is 2.10. The average Bonchev–Trinajstić information content (AvgIpc) is 2.91. The second kappa shape index (κ2) is 10.2. The molecule has 0 saturated heterocycles. The maximum Gasteiger partial charge on any atom is 0.267 e.